The van der Waals surface area contributed by atoms with E-state index in [1.165, 1.54) is 0 Å². The van der Waals surface area contributed by atoms with E-state index in [1.807, 2.05) is 4.90 Å². The molecular weight excluding hydrogens is 178 g/mol. The van der Waals surface area contributed by atoms with Gasteiger partial charge in [0.1, 0.15) is 0 Å². The number of likely N-dealkylation sites (tertiary alicyclic amines) is 1. The van der Waals surface area contributed by atoms with Crippen molar-refractivity contribution >= 4 is 6.03 Å². The highest BCUT2D eigenvalue weighted by atomic mass is 16.2. The van der Waals surface area contributed by atoms with Gasteiger partial charge in [-0.1, -0.05) is 6.92 Å². The third-order valence-electron chi connectivity index (χ3n) is 3.22. The topological polar surface area (TPSA) is 44.4 Å². The van der Waals surface area contributed by atoms with E-state index >= 15 is 0 Å². The van der Waals surface area contributed by atoms with E-state index in [1.54, 1.807) is 0 Å². The minimum atomic E-state index is 0.128. The summed E-state index contributed by atoms with van der Waals surface area (Å²) in [5.41, 5.74) is 0. The van der Waals surface area contributed by atoms with Crippen molar-refractivity contribution in [1.82, 2.24) is 15.5 Å². The van der Waals surface area contributed by atoms with Crippen LogP contribution in [-0.4, -0.2) is 43.2 Å². The first kappa shape index (κ1) is 9.77. The molecule has 4 nitrogen and oxygen atoms in total. The summed E-state index contributed by atoms with van der Waals surface area (Å²) >= 11 is 0. The van der Waals surface area contributed by atoms with Gasteiger partial charge in [0.05, 0.1) is 0 Å². The van der Waals surface area contributed by atoms with Gasteiger partial charge in [0.2, 0.25) is 0 Å². The predicted molar refractivity (Wildman–Crippen MR) is 55.2 cm³/mol. The number of urea groups is 1. The van der Waals surface area contributed by atoms with Gasteiger partial charge in [-0.05, 0) is 25.3 Å². The number of rotatable bonds is 1. The Kier molecular flexibility index (Phi) is 2.91. The highest BCUT2D eigenvalue weighted by Gasteiger charge is 2.27. The maximum Gasteiger partial charge on any atom is 0.317 e. The van der Waals surface area contributed by atoms with Gasteiger partial charge in [0, 0.05) is 25.7 Å². The summed E-state index contributed by atoms with van der Waals surface area (Å²) in [4.78, 5) is 13.7. The maximum absolute atomic E-state index is 11.7. The Hall–Kier alpha value is -0.770. The third kappa shape index (κ3) is 2.00. The van der Waals surface area contributed by atoms with Crippen LogP contribution in [0.1, 0.15) is 19.8 Å². The zero-order chi connectivity index (χ0) is 9.97. The molecule has 0 bridgehead atoms. The van der Waals surface area contributed by atoms with Crippen LogP contribution >= 0.6 is 0 Å². The first-order chi connectivity index (χ1) is 6.77. The van der Waals surface area contributed by atoms with Gasteiger partial charge in [0.25, 0.3) is 0 Å². The van der Waals surface area contributed by atoms with Gasteiger partial charge < -0.3 is 15.5 Å². The molecule has 2 aliphatic heterocycles. The molecule has 2 amide bonds. The van der Waals surface area contributed by atoms with Crippen molar-refractivity contribution in [3.63, 3.8) is 0 Å². The molecule has 0 aliphatic carbocycles. The monoisotopic (exact) mass is 197 g/mol. The van der Waals surface area contributed by atoms with E-state index in [4.69, 9.17) is 0 Å². The van der Waals surface area contributed by atoms with Gasteiger partial charge in [-0.2, -0.15) is 0 Å². The second-order valence-corrected chi connectivity index (χ2v) is 4.39. The molecule has 14 heavy (non-hydrogen) atoms. The van der Waals surface area contributed by atoms with Crippen LogP contribution in [0.2, 0.25) is 0 Å². The highest BCUT2D eigenvalue weighted by Crippen LogP contribution is 2.11. The van der Waals surface area contributed by atoms with Gasteiger partial charge in [-0.3, -0.25) is 0 Å². The summed E-state index contributed by atoms with van der Waals surface area (Å²) in [5.74, 6) is 0.557. The van der Waals surface area contributed by atoms with E-state index in [0.717, 1.165) is 39.0 Å². The fraction of sp³-hybridized carbons (Fsp3) is 0.900. The molecule has 0 aromatic rings. The Morgan fingerprint density at radius 2 is 2.07 bits per heavy atom. The van der Waals surface area contributed by atoms with E-state index in [9.17, 15) is 4.79 Å². The quantitative estimate of drug-likeness (QED) is 0.639. The second-order valence-electron chi connectivity index (χ2n) is 4.39. The fourth-order valence-corrected chi connectivity index (χ4v) is 2.17. The molecule has 0 aromatic carbocycles. The summed E-state index contributed by atoms with van der Waals surface area (Å²) in [6, 6.07) is 0.450. The smallest absolute Gasteiger partial charge is 0.317 e. The van der Waals surface area contributed by atoms with E-state index in [0.29, 0.717) is 12.0 Å². The molecule has 2 unspecified atom stereocenters. The van der Waals surface area contributed by atoms with Crippen molar-refractivity contribution < 1.29 is 4.79 Å². The number of hydrogen-bond acceptors (Lipinski definition) is 2. The molecule has 2 N–H and O–H groups in total. The van der Waals surface area contributed by atoms with Gasteiger partial charge >= 0.3 is 6.03 Å². The molecule has 2 heterocycles. The summed E-state index contributed by atoms with van der Waals surface area (Å²) in [7, 11) is 0. The minimum Gasteiger partial charge on any atom is -0.334 e. The first-order valence-corrected chi connectivity index (χ1v) is 5.53. The average molecular weight is 197 g/mol. The van der Waals surface area contributed by atoms with Crippen molar-refractivity contribution in [3.8, 4) is 0 Å². The van der Waals surface area contributed by atoms with Crippen molar-refractivity contribution in [2.75, 3.05) is 26.2 Å². The number of nitrogens with one attached hydrogen (secondary N) is 2. The number of amides is 2. The van der Waals surface area contributed by atoms with Crippen molar-refractivity contribution in [2.45, 2.75) is 25.8 Å². The second kappa shape index (κ2) is 4.17. The van der Waals surface area contributed by atoms with E-state index < -0.39 is 0 Å². The van der Waals surface area contributed by atoms with Crippen LogP contribution in [0.15, 0.2) is 0 Å². The predicted octanol–water partition coefficient (Wildman–Crippen LogP) is 0.400. The van der Waals surface area contributed by atoms with Crippen LogP contribution < -0.4 is 10.6 Å². The zero-order valence-electron chi connectivity index (χ0n) is 8.75. The molecule has 2 aliphatic rings. The average Bonchev–Trinajstić information content (AvgIpc) is 2.77. The van der Waals surface area contributed by atoms with Crippen LogP contribution in [0.25, 0.3) is 0 Å². The minimum absolute atomic E-state index is 0.128. The number of carbonyl (C=O) groups is 1. The Morgan fingerprint density at radius 3 is 2.64 bits per heavy atom. The Labute approximate surface area is 85.0 Å². The van der Waals surface area contributed by atoms with Crippen molar-refractivity contribution in [3.05, 3.63) is 0 Å². The molecule has 2 saturated heterocycles. The SMILES string of the molecule is CC1CNCC1NC(=O)N1CCCC1. The van der Waals surface area contributed by atoms with Crippen LogP contribution in [0, 0.1) is 5.92 Å². The third-order valence-corrected chi connectivity index (χ3v) is 3.22. The molecule has 2 atom stereocenters. The number of nitrogens with zero attached hydrogens (tertiary/aromatic N) is 1. The summed E-state index contributed by atoms with van der Waals surface area (Å²) in [6.07, 6.45) is 2.32. The Balaban J connectivity index is 1.81. The van der Waals surface area contributed by atoms with Gasteiger partial charge in [-0.15, -0.1) is 0 Å². The standard InChI is InChI=1S/C10H19N3O/c1-8-6-11-7-9(8)12-10(14)13-4-2-3-5-13/h8-9,11H,2-7H2,1H3,(H,12,14). The van der Waals surface area contributed by atoms with Gasteiger partial charge in [-0.25, -0.2) is 4.79 Å². The van der Waals surface area contributed by atoms with Crippen molar-refractivity contribution in [1.29, 1.82) is 0 Å². The molecule has 2 fully saturated rings. The van der Waals surface area contributed by atoms with Crippen LogP contribution in [0.3, 0.4) is 0 Å². The molecule has 80 valence electrons. The van der Waals surface area contributed by atoms with Crippen LogP contribution in [-0.2, 0) is 0 Å². The van der Waals surface area contributed by atoms with Crippen LogP contribution in [0.5, 0.6) is 0 Å². The van der Waals surface area contributed by atoms with E-state index in [2.05, 4.69) is 17.6 Å². The fourth-order valence-electron chi connectivity index (χ4n) is 2.17. The molecule has 0 radical (unpaired) electrons. The number of carbonyl (C=O) groups excluding carboxylic acids is 1. The summed E-state index contributed by atoms with van der Waals surface area (Å²) in [6.45, 7) is 5.97. The lowest BCUT2D eigenvalue weighted by Crippen LogP contribution is -2.46. The summed E-state index contributed by atoms with van der Waals surface area (Å²) < 4.78 is 0. The van der Waals surface area contributed by atoms with E-state index in [-0.39, 0.29) is 6.03 Å². The molecule has 2 rings (SSSR count). The Morgan fingerprint density at radius 1 is 1.36 bits per heavy atom. The zero-order valence-corrected chi connectivity index (χ0v) is 8.75. The molecule has 0 spiro atoms. The molecule has 0 saturated carbocycles. The lowest BCUT2D eigenvalue weighted by molar-refractivity contribution is 0.203. The molecular formula is C10H19N3O. The van der Waals surface area contributed by atoms with Gasteiger partial charge in [0.15, 0.2) is 0 Å². The molecule has 0 aromatic heterocycles. The normalized spacial score (nSPS) is 32.2. The van der Waals surface area contributed by atoms with Crippen molar-refractivity contribution in [2.24, 2.45) is 5.92 Å². The first-order valence-electron chi connectivity index (χ1n) is 5.53. The number of hydrogen-bond donors (Lipinski definition) is 2. The Bertz CT molecular complexity index is 213. The summed E-state index contributed by atoms with van der Waals surface area (Å²) in [5, 5.41) is 6.38. The van der Waals surface area contributed by atoms with Crippen LogP contribution in [0.4, 0.5) is 4.79 Å². The lowest BCUT2D eigenvalue weighted by Gasteiger charge is -2.21. The largest absolute Gasteiger partial charge is 0.334 e. The molecule has 4 heteroatoms. The maximum atomic E-state index is 11.7. The lowest BCUT2D eigenvalue weighted by atomic mass is 10.1. The highest BCUT2D eigenvalue weighted by molar-refractivity contribution is 5.74.